The summed E-state index contributed by atoms with van der Waals surface area (Å²) in [6.45, 7) is 1.55. The van der Waals surface area contributed by atoms with Gasteiger partial charge < -0.3 is 9.47 Å². The first-order valence-corrected chi connectivity index (χ1v) is 4.83. The van der Waals surface area contributed by atoms with E-state index in [1.54, 1.807) is 6.92 Å². The zero-order valence-electron chi connectivity index (χ0n) is 9.30. The monoisotopic (exact) mass is 248 g/mol. The summed E-state index contributed by atoms with van der Waals surface area (Å²) in [5.74, 6) is -0.798. The van der Waals surface area contributed by atoms with Gasteiger partial charge in [0.05, 0.1) is 12.7 Å². The molecule has 94 valence electrons. The topological polar surface area (TPSA) is 35.5 Å². The van der Waals surface area contributed by atoms with Crippen LogP contribution in [0.15, 0.2) is 18.2 Å². The number of rotatable bonds is 3. The van der Waals surface area contributed by atoms with Crippen molar-refractivity contribution < 1.29 is 27.4 Å². The molecular formula is C11H11F3O3. The molecule has 0 bridgehead atoms. The summed E-state index contributed by atoms with van der Waals surface area (Å²) in [5.41, 5.74) is -0.921. The molecule has 1 rings (SSSR count). The van der Waals surface area contributed by atoms with E-state index < -0.39 is 17.7 Å². The molecule has 0 saturated heterocycles. The predicted molar refractivity (Wildman–Crippen MR) is 53.9 cm³/mol. The van der Waals surface area contributed by atoms with Gasteiger partial charge >= 0.3 is 12.1 Å². The Morgan fingerprint density at radius 1 is 1.24 bits per heavy atom. The number of halogens is 3. The van der Waals surface area contributed by atoms with Gasteiger partial charge in [-0.2, -0.15) is 13.2 Å². The molecule has 0 fully saturated rings. The number of esters is 1. The van der Waals surface area contributed by atoms with E-state index in [0.29, 0.717) is 0 Å². The third-order valence-electron chi connectivity index (χ3n) is 1.96. The van der Waals surface area contributed by atoms with Gasteiger partial charge in [0.1, 0.15) is 11.5 Å². The van der Waals surface area contributed by atoms with Crippen molar-refractivity contribution >= 4 is 5.97 Å². The van der Waals surface area contributed by atoms with Gasteiger partial charge in [0, 0.05) is 12.5 Å². The van der Waals surface area contributed by atoms with E-state index in [9.17, 15) is 18.0 Å². The van der Waals surface area contributed by atoms with Crippen LogP contribution in [0.1, 0.15) is 18.9 Å². The molecule has 0 aliphatic carbocycles. The fourth-order valence-corrected chi connectivity index (χ4v) is 1.12. The molecule has 0 amide bonds. The Hall–Kier alpha value is -1.72. The molecule has 0 aliphatic rings. The van der Waals surface area contributed by atoms with Crippen molar-refractivity contribution in [3.63, 3.8) is 0 Å². The van der Waals surface area contributed by atoms with E-state index in [1.165, 1.54) is 13.2 Å². The number of alkyl halides is 3. The van der Waals surface area contributed by atoms with Gasteiger partial charge in [-0.1, -0.05) is 6.92 Å². The van der Waals surface area contributed by atoms with Gasteiger partial charge in [-0.05, 0) is 12.1 Å². The van der Waals surface area contributed by atoms with Crippen molar-refractivity contribution in [2.75, 3.05) is 7.11 Å². The number of carbonyl (C=O) groups is 1. The summed E-state index contributed by atoms with van der Waals surface area (Å²) < 4.78 is 47.0. The van der Waals surface area contributed by atoms with Gasteiger partial charge in [0.15, 0.2) is 0 Å². The van der Waals surface area contributed by atoms with Crippen LogP contribution >= 0.6 is 0 Å². The number of hydrogen-bond acceptors (Lipinski definition) is 3. The second kappa shape index (κ2) is 5.07. The zero-order chi connectivity index (χ0) is 13.1. The lowest BCUT2D eigenvalue weighted by Crippen LogP contribution is -2.09. The van der Waals surface area contributed by atoms with Gasteiger partial charge in [-0.25, -0.2) is 0 Å². The summed E-state index contributed by atoms with van der Waals surface area (Å²) in [6.07, 6.45) is -4.43. The lowest BCUT2D eigenvalue weighted by atomic mass is 10.2. The zero-order valence-corrected chi connectivity index (χ0v) is 9.30. The normalized spacial score (nSPS) is 11.1. The summed E-state index contributed by atoms with van der Waals surface area (Å²) in [6, 6.07) is 2.82. The minimum atomic E-state index is -4.51. The minimum absolute atomic E-state index is 0.0151. The molecule has 3 nitrogen and oxygen atoms in total. The first-order valence-electron chi connectivity index (χ1n) is 4.83. The molecule has 0 heterocycles. The Bertz CT molecular complexity index is 413. The van der Waals surface area contributed by atoms with E-state index in [-0.39, 0.29) is 17.9 Å². The van der Waals surface area contributed by atoms with E-state index >= 15 is 0 Å². The Balaban J connectivity index is 3.10. The first-order chi connectivity index (χ1) is 7.86. The van der Waals surface area contributed by atoms with Crippen LogP contribution in [0, 0.1) is 0 Å². The molecule has 17 heavy (non-hydrogen) atoms. The molecule has 0 saturated carbocycles. The van der Waals surface area contributed by atoms with Crippen molar-refractivity contribution in [1.82, 2.24) is 0 Å². The molecule has 6 heteroatoms. The number of ether oxygens (including phenoxy) is 2. The summed E-state index contributed by atoms with van der Waals surface area (Å²) in [7, 11) is 1.24. The van der Waals surface area contributed by atoms with Crippen LogP contribution in [0.3, 0.4) is 0 Å². The Labute approximate surface area is 96.1 Å². The van der Waals surface area contributed by atoms with Gasteiger partial charge in [-0.3, -0.25) is 4.79 Å². The fourth-order valence-electron chi connectivity index (χ4n) is 1.12. The van der Waals surface area contributed by atoms with Crippen LogP contribution in [-0.4, -0.2) is 13.1 Å². The smallest absolute Gasteiger partial charge is 0.416 e. The standard InChI is InChI=1S/C11H11F3O3/c1-3-10(15)17-9-5-7(11(12,13)14)4-8(6-9)16-2/h4-6H,3H2,1-2H3. The average Bonchev–Trinajstić information content (AvgIpc) is 2.27. The Morgan fingerprint density at radius 3 is 2.29 bits per heavy atom. The highest BCUT2D eigenvalue weighted by molar-refractivity contribution is 5.72. The molecule has 0 N–H and O–H groups in total. The number of carbonyl (C=O) groups excluding carboxylic acids is 1. The van der Waals surface area contributed by atoms with E-state index in [0.717, 1.165) is 12.1 Å². The number of benzene rings is 1. The molecular weight excluding hydrogens is 237 g/mol. The Morgan fingerprint density at radius 2 is 1.82 bits per heavy atom. The highest BCUT2D eigenvalue weighted by Crippen LogP contribution is 2.34. The van der Waals surface area contributed by atoms with E-state index in [1.807, 2.05) is 0 Å². The molecule has 0 unspecified atom stereocenters. The molecule has 0 radical (unpaired) electrons. The van der Waals surface area contributed by atoms with E-state index in [4.69, 9.17) is 9.47 Å². The Kier molecular flexibility index (Phi) is 3.98. The molecule has 1 aromatic carbocycles. The quantitative estimate of drug-likeness (QED) is 0.609. The minimum Gasteiger partial charge on any atom is -0.497 e. The van der Waals surface area contributed by atoms with Crippen LogP contribution in [0.5, 0.6) is 11.5 Å². The summed E-state index contributed by atoms with van der Waals surface area (Å²) >= 11 is 0. The molecule has 1 aromatic rings. The van der Waals surface area contributed by atoms with Gasteiger partial charge in [0.2, 0.25) is 0 Å². The van der Waals surface area contributed by atoms with Gasteiger partial charge in [0.25, 0.3) is 0 Å². The van der Waals surface area contributed by atoms with Crippen molar-refractivity contribution in [2.24, 2.45) is 0 Å². The third-order valence-corrected chi connectivity index (χ3v) is 1.96. The molecule has 0 aromatic heterocycles. The van der Waals surface area contributed by atoms with Crippen LogP contribution in [0.4, 0.5) is 13.2 Å². The largest absolute Gasteiger partial charge is 0.497 e. The molecule has 0 aliphatic heterocycles. The summed E-state index contributed by atoms with van der Waals surface area (Å²) in [5, 5.41) is 0. The average molecular weight is 248 g/mol. The second-order valence-corrected chi connectivity index (χ2v) is 3.22. The van der Waals surface area contributed by atoms with Crippen LogP contribution in [0.25, 0.3) is 0 Å². The maximum absolute atomic E-state index is 12.5. The maximum Gasteiger partial charge on any atom is 0.416 e. The molecule has 0 spiro atoms. The van der Waals surface area contributed by atoms with Crippen molar-refractivity contribution in [3.8, 4) is 11.5 Å². The van der Waals surface area contributed by atoms with Crippen molar-refractivity contribution in [1.29, 1.82) is 0 Å². The second-order valence-electron chi connectivity index (χ2n) is 3.22. The first kappa shape index (κ1) is 13.3. The maximum atomic E-state index is 12.5. The van der Waals surface area contributed by atoms with Crippen LogP contribution < -0.4 is 9.47 Å². The number of hydrogen-bond donors (Lipinski definition) is 0. The van der Waals surface area contributed by atoms with Crippen LogP contribution in [0.2, 0.25) is 0 Å². The van der Waals surface area contributed by atoms with Gasteiger partial charge in [-0.15, -0.1) is 0 Å². The SMILES string of the molecule is CCC(=O)Oc1cc(OC)cc(C(F)(F)F)c1. The summed E-state index contributed by atoms with van der Waals surface area (Å²) in [4.78, 5) is 11.0. The number of methoxy groups -OCH3 is 1. The predicted octanol–water partition coefficient (Wildman–Crippen LogP) is 3.03. The highest BCUT2D eigenvalue weighted by Gasteiger charge is 2.31. The van der Waals surface area contributed by atoms with Crippen molar-refractivity contribution in [2.45, 2.75) is 19.5 Å². The third kappa shape index (κ3) is 3.65. The molecule has 0 atom stereocenters. The lowest BCUT2D eigenvalue weighted by molar-refractivity contribution is -0.139. The lowest BCUT2D eigenvalue weighted by Gasteiger charge is -2.11. The highest BCUT2D eigenvalue weighted by atomic mass is 19.4. The fraction of sp³-hybridized carbons (Fsp3) is 0.364. The van der Waals surface area contributed by atoms with Crippen molar-refractivity contribution in [3.05, 3.63) is 23.8 Å². The van der Waals surface area contributed by atoms with Crippen LogP contribution in [-0.2, 0) is 11.0 Å². The van der Waals surface area contributed by atoms with E-state index in [2.05, 4.69) is 0 Å².